The smallest absolute Gasteiger partial charge is 0.337 e. The van der Waals surface area contributed by atoms with Crippen molar-refractivity contribution in [3.05, 3.63) is 48.0 Å². The van der Waals surface area contributed by atoms with Gasteiger partial charge in [0.15, 0.2) is 5.60 Å². The van der Waals surface area contributed by atoms with Crippen molar-refractivity contribution in [2.24, 2.45) is 11.8 Å². The molecule has 1 aromatic rings. The highest BCUT2D eigenvalue weighted by Gasteiger charge is 2.49. The maximum Gasteiger partial charge on any atom is 0.337 e. The lowest BCUT2D eigenvalue weighted by atomic mass is 9.82. The zero-order chi connectivity index (χ0) is 30.7. The van der Waals surface area contributed by atoms with Crippen LogP contribution in [0.2, 0.25) is 0 Å². The van der Waals surface area contributed by atoms with E-state index in [0.717, 1.165) is 25.7 Å². The number of rotatable bonds is 23. The van der Waals surface area contributed by atoms with Gasteiger partial charge in [0, 0.05) is 6.42 Å². The van der Waals surface area contributed by atoms with Crippen LogP contribution < -0.4 is 5.32 Å². The zero-order valence-corrected chi connectivity index (χ0v) is 24.6. The van der Waals surface area contributed by atoms with Gasteiger partial charge < -0.3 is 25.7 Å². The Kier molecular flexibility index (Phi) is 17.3. The van der Waals surface area contributed by atoms with Crippen molar-refractivity contribution in [3.63, 3.8) is 0 Å². The topological polar surface area (TPSA) is 161 Å². The summed E-state index contributed by atoms with van der Waals surface area (Å²) in [5, 5.41) is 41.7. The number of hydrogen-bond acceptors (Lipinski definition) is 5. The first-order chi connectivity index (χ1) is 19.5. The average Bonchev–Trinajstić information content (AvgIpc) is 2.91. The van der Waals surface area contributed by atoms with E-state index in [4.69, 9.17) is 0 Å². The summed E-state index contributed by atoms with van der Waals surface area (Å²) in [5.41, 5.74) is -2.32. The minimum atomic E-state index is -2.95. The molecule has 3 unspecified atom stereocenters. The Bertz CT molecular complexity index is 964. The molecule has 4 atom stereocenters. The summed E-state index contributed by atoms with van der Waals surface area (Å²) >= 11 is 0. The van der Waals surface area contributed by atoms with Gasteiger partial charge in [-0.2, -0.15) is 0 Å². The highest BCUT2D eigenvalue weighted by Crippen LogP contribution is 2.26. The SMILES string of the molecule is CCCCCCC[C@H](C)CCCCCC/C=C/C(C(=O)NC(Cc1ccccc1)C(=O)O)C(O)(CC(=O)O)C(=O)O. The Balaban J connectivity index is 2.74. The molecule has 1 amide bonds. The average molecular weight is 576 g/mol. The normalized spacial score (nSPS) is 15.1. The summed E-state index contributed by atoms with van der Waals surface area (Å²) in [4.78, 5) is 48.3. The molecule has 0 aliphatic heterocycles. The molecule has 1 rings (SSSR count). The molecule has 0 heterocycles. The molecule has 0 saturated heterocycles. The van der Waals surface area contributed by atoms with E-state index >= 15 is 0 Å². The van der Waals surface area contributed by atoms with E-state index in [9.17, 15) is 39.6 Å². The second-order valence-electron chi connectivity index (χ2n) is 11.1. The molecule has 5 N–H and O–H groups in total. The van der Waals surface area contributed by atoms with Crippen LogP contribution in [0.25, 0.3) is 0 Å². The molecule has 9 heteroatoms. The lowest BCUT2D eigenvalue weighted by Crippen LogP contribution is -2.55. The number of aliphatic carboxylic acids is 3. The van der Waals surface area contributed by atoms with Crippen LogP contribution in [0.1, 0.15) is 103 Å². The minimum Gasteiger partial charge on any atom is -0.481 e. The molecule has 0 bridgehead atoms. The standard InChI is InChI=1S/C32H49NO8/c1-3-4-5-8-12-17-24(2)18-13-9-6-7-10-16-21-26(32(41,31(39)40)23-28(34)35)29(36)33-27(30(37)38)22-25-19-14-11-15-20-25/h11,14-16,19-21,24,26-27,41H,3-10,12-13,17-18,22-23H2,1-2H3,(H,33,36)(H,34,35)(H,37,38)(H,39,40)/b21-16+/t24-,26?,27?,32?/m0/s1. The maximum atomic E-state index is 13.1. The third kappa shape index (κ3) is 14.3. The number of aliphatic hydroxyl groups is 1. The summed E-state index contributed by atoms with van der Waals surface area (Å²) in [6.07, 6.45) is 14.8. The lowest BCUT2D eigenvalue weighted by Gasteiger charge is -2.29. The monoisotopic (exact) mass is 575 g/mol. The quantitative estimate of drug-likeness (QED) is 0.0832. The number of hydrogen-bond donors (Lipinski definition) is 5. The van der Waals surface area contributed by atoms with E-state index in [-0.39, 0.29) is 6.42 Å². The third-order valence-electron chi connectivity index (χ3n) is 7.43. The molecule has 0 fully saturated rings. The van der Waals surface area contributed by atoms with Crippen LogP contribution >= 0.6 is 0 Å². The van der Waals surface area contributed by atoms with Gasteiger partial charge in [0.25, 0.3) is 0 Å². The molecule has 0 radical (unpaired) electrons. The largest absolute Gasteiger partial charge is 0.481 e. The van der Waals surface area contributed by atoms with E-state index < -0.39 is 47.8 Å². The first kappa shape index (κ1) is 35.8. The fraction of sp³-hybridized carbons (Fsp3) is 0.625. The summed E-state index contributed by atoms with van der Waals surface area (Å²) in [6.45, 7) is 4.51. The lowest BCUT2D eigenvalue weighted by molar-refractivity contribution is -0.172. The van der Waals surface area contributed by atoms with Gasteiger partial charge in [-0.1, -0.05) is 121 Å². The van der Waals surface area contributed by atoms with Crippen LogP contribution in [0, 0.1) is 11.8 Å². The Hall–Kier alpha value is -3.20. The Morgan fingerprint density at radius 3 is 2.00 bits per heavy atom. The number of unbranched alkanes of at least 4 members (excludes halogenated alkanes) is 8. The second-order valence-corrected chi connectivity index (χ2v) is 11.1. The van der Waals surface area contributed by atoms with Gasteiger partial charge in [-0.05, 0) is 24.3 Å². The van der Waals surface area contributed by atoms with Gasteiger partial charge in [-0.15, -0.1) is 0 Å². The highest BCUT2D eigenvalue weighted by atomic mass is 16.4. The summed E-state index contributed by atoms with van der Waals surface area (Å²) in [5.74, 6) is -6.98. The van der Waals surface area contributed by atoms with Crippen molar-refractivity contribution in [3.8, 4) is 0 Å². The molecule has 0 saturated carbocycles. The number of amides is 1. The number of nitrogens with one attached hydrogen (secondary N) is 1. The molecule has 0 aliphatic rings. The molecular weight excluding hydrogens is 526 g/mol. The van der Waals surface area contributed by atoms with Crippen molar-refractivity contribution in [1.29, 1.82) is 0 Å². The Morgan fingerprint density at radius 1 is 0.878 bits per heavy atom. The number of carbonyl (C=O) groups excluding carboxylic acids is 1. The van der Waals surface area contributed by atoms with Gasteiger partial charge in [0.05, 0.1) is 12.3 Å². The summed E-state index contributed by atoms with van der Waals surface area (Å²) in [6, 6.07) is 7.16. The fourth-order valence-electron chi connectivity index (χ4n) is 4.91. The molecule has 230 valence electrons. The van der Waals surface area contributed by atoms with Gasteiger partial charge in [0.2, 0.25) is 5.91 Å². The number of carboxylic acid groups (broad SMARTS) is 3. The van der Waals surface area contributed by atoms with Crippen LogP contribution in [-0.4, -0.2) is 55.9 Å². The van der Waals surface area contributed by atoms with Gasteiger partial charge >= 0.3 is 17.9 Å². The second kappa shape index (κ2) is 19.8. The fourth-order valence-corrected chi connectivity index (χ4v) is 4.91. The molecule has 9 nitrogen and oxygen atoms in total. The van der Waals surface area contributed by atoms with Crippen molar-refractivity contribution in [1.82, 2.24) is 5.32 Å². The maximum absolute atomic E-state index is 13.1. The molecule has 0 aliphatic carbocycles. The molecular formula is C32H49NO8. The van der Waals surface area contributed by atoms with Gasteiger partial charge in [-0.25, -0.2) is 9.59 Å². The van der Waals surface area contributed by atoms with Crippen molar-refractivity contribution in [2.75, 3.05) is 0 Å². The van der Waals surface area contributed by atoms with Crippen molar-refractivity contribution in [2.45, 2.75) is 115 Å². The van der Waals surface area contributed by atoms with Crippen LogP contribution in [0.5, 0.6) is 0 Å². The van der Waals surface area contributed by atoms with Gasteiger partial charge in [-0.3, -0.25) is 9.59 Å². The minimum absolute atomic E-state index is 0.0692. The number of carboxylic acids is 3. The third-order valence-corrected chi connectivity index (χ3v) is 7.43. The van der Waals surface area contributed by atoms with E-state index in [1.165, 1.54) is 51.0 Å². The summed E-state index contributed by atoms with van der Waals surface area (Å²) in [7, 11) is 0. The molecule has 0 aromatic heterocycles. The first-order valence-corrected chi connectivity index (χ1v) is 14.9. The van der Waals surface area contributed by atoms with E-state index in [1.54, 1.807) is 36.4 Å². The van der Waals surface area contributed by atoms with Gasteiger partial charge in [0.1, 0.15) is 6.04 Å². The predicted octanol–water partition coefficient (Wildman–Crippen LogP) is 5.60. The van der Waals surface area contributed by atoms with Crippen molar-refractivity contribution < 1.29 is 39.6 Å². The molecule has 41 heavy (non-hydrogen) atoms. The summed E-state index contributed by atoms with van der Waals surface area (Å²) < 4.78 is 0. The zero-order valence-electron chi connectivity index (χ0n) is 24.6. The van der Waals surface area contributed by atoms with Crippen LogP contribution in [-0.2, 0) is 25.6 Å². The van der Waals surface area contributed by atoms with Crippen LogP contribution in [0.3, 0.4) is 0 Å². The predicted molar refractivity (Wildman–Crippen MR) is 157 cm³/mol. The van der Waals surface area contributed by atoms with E-state index in [2.05, 4.69) is 19.2 Å². The highest BCUT2D eigenvalue weighted by molar-refractivity contribution is 5.94. The number of benzene rings is 1. The molecule has 0 spiro atoms. The Morgan fingerprint density at radius 2 is 1.46 bits per heavy atom. The Labute approximate surface area is 244 Å². The molecule has 1 aromatic carbocycles. The van der Waals surface area contributed by atoms with Crippen LogP contribution in [0.15, 0.2) is 42.5 Å². The number of carbonyl (C=O) groups is 4. The van der Waals surface area contributed by atoms with Crippen LogP contribution in [0.4, 0.5) is 0 Å². The van der Waals surface area contributed by atoms with E-state index in [0.29, 0.717) is 17.9 Å². The number of allylic oxidation sites excluding steroid dienone is 1. The van der Waals surface area contributed by atoms with Crippen molar-refractivity contribution >= 4 is 23.8 Å². The first-order valence-electron chi connectivity index (χ1n) is 14.9. The van der Waals surface area contributed by atoms with E-state index in [1.807, 2.05) is 0 Å².